The normalized spacial score (nSPS) is 21.6. The molecule has 1 unspecified atom stereocenters. The van der Waals surface area contributed by atoms with E-state index in [0.29, 0.717) is 0 Å². The van der Waals surface area contributed by atoms with Crippen molar-refractivity contribution < 1.29 is 4.79 Å². The smallest absolute Gasteiger partial charge is 0.190 e. The second-order valence-corrected chi connectivity index (χ2v) is 7.20. The van der Waals surface area contributed by atoms with Crippen LogP contribution in [0.15, 0.2) is 32.5 Å². The molecule has 0 aromatic heterocycles. The lowest BCUT2D eigenvalue weighted by molar-refractivity contribution is 0.103. The van der Waals surface area contributed by atoms with E-state index in [1.807, 2.05) is 19.9 Å². The summed E-state index contributed by atoms with van der Waals surface area (Å²) in [6.45, 7) is 6.13. The van der Waals surface area contributed by atoms with Gasteiger partial charge in [-0.2, -0.15) is 0 Å². The van der Waals surface area contributed by atoms with Crippen LogP contribution in [0.5, 0.6) is 0 Å². The number of halogens is 1. The first-order valence-corrected chi connectivity index (χ1v) is 7.73. The average Bonchev–Trinajstić information content (AvgIpc) is 2.23. The van der Waals surface area contributed by atoms with Crippen LogP contribution in [0.4, 0.5) is 0 Å². The van der Waals surface area contributed by atoms with Gasteiger partial charge in [0.2, 0.25) is 0 Å². The minimum absolute atomic E-state index is 0.187. The van der Waals surface area contributed by atoms with Crippen LogP contribution < -0.4 is 0 Å². The minimum Gasteiger partial charge on any atom is -0.289 e. The van der Waals surface area contributed by atoms with E-state index in [-0.39, 0.29) is 16.7 Å². The highest BCUT2D eigenvalue weighted by Gasteiger charge is 2.24. The van der Waals surface area contributed by atoms with Gasteiger partial charge in [-0.15, -0.1) is 0 Å². The third-order valence-electron chi connectivity index (χ3n) is 2.79. The topological polar surface area (TPSA) is 17.1 Å². The number of carbonyl (C=O) groups excluding carboxylic acids is 1. The molecule has 1 nitrogen and oxygen atoms in total. The number of ketones is 1. The molecule has 1 heterocycles. The number of allylic oxidation sites excluding steroid dienone is 1. The molecule has 86 valence electrons. The molecule has 0 saturated heterocycles. The molecular formula is C13H15BrOS. The van der Waals surface area contributed by atoms with Crippen LogP contribution in [0.1, 0.15) is 29.8 Å². The Morgan fingerprint density at radius 3 is 2.62 bits per heavy atom. The predicted octanol–water partition coefficient (Wildman–Crippen LogP) is 4.24. The van der Waals surface area contributed by atoms with Crippen molar-refractivity contribution in [1.29, 1.82) is 0 Å². The van der Waals surface area contributed by atoms with Crippen molar-refractivity contribution in [3.63, 3.8) is 0 Å². The summed E-state index contributed by atoms with van der Waals surface area (Å²) in [5, 5.41) is 2.15. The quantitative estimate of drug-likeness (QED) is 0.768. The van der Waals surface area contributed by atoms with Gasteiger partial charge < -0.3 is 0 Å². The Bertz CT molecular complexity index is 491. The maximum Gasteiger partial charge on any atom is 0.190 e. The highest BCUT2D eigenvalue weighted by molar-refractivity contribution is 9.10. The number of aryl methyl sites for hydroxylation is 1. The molecule has 2 rings (SSSR count). The van der Waals surface area contributed by atoms with E-state index < -0.39 is 0 Å². The first-order chi connectivity index (χ1) is 7.54. The lowest BCUT2D eigenvalue weighted by Gasteiger charge is -2.26. The Morgan fingerprint density at radius 1 is 1.31 bits per heavy atom. The van der Waals surface area contributed by atoms with E-state index in [1.165, 1.54) is 4.90 Å². The van der Waals surface area contributed by atoms with Gasteiger partial charge in [0, 0.05) is 20.5 Å². The van der Waals surface area contributed by atoms with Crippen molar-refractivity contribution in [2.45, 2.75) is 25.7 Å². The van der Waals surface area contributed by atoms with Crippen molar-refractivity contribution >= 4 is 32.6 Å². The summed E-state index contributed by atoms with van der Waals surface area (Å²) >= 11 is 3.60. The average molecular weight is 299 g/mol. The van der Waals surface area contributed by atoms with Crippen molar-refractivity contribution in [2.24, 2.45) is 0 Å². The number of Topliss-reactive ketones (excluding diaryl/α,β-unsaturated/α-hetero) is 1. The molecule has 16 heavy (non-hydrogen) atoms. The molecule has 0 radical (unpaired) electrons. The van der Waals surface area contributed by atoms with Gasteiger partial charge in [0.15, 0.2) is 5.78 Å². The zero-order valence-corrected chi connectivity index (χ0v) is 12.2. The van der Waals surface area contributed by atoms with Crippen LogP contribution in [0.25, 0.3) is 0 Å². The summed E-state index contributed by atoms with van der Waals surface area (Å²) < 4.78 is 1.09. The third kappa shape index (κ3) is 1.87. The molecule has 1 aromatic rings. The monoisotopic (exact) mass is 298 g/mol. The molecule has 0 spiro atoms. The van der Waals surface area contributed by atoms with Crippen LogP contribution in [0.3, 0.4) is 0 Å². The molecule has 1 atom stereocenters. The highest BCUT2D eigenvalue weighted by atomic mass is 79.9. The predicted molar refractivity (Wildman–Crippen MR) is 74.8 cm³/mol. The number of hydrogen-bond acceptors (Lipinski definition) is 1. The zero-order chi connectivity index (χ0) is 11.9. The summed E-state index contributed by atoms with van der Waals surface area (Å²) in [5.41, 5.74) is 2.94. The molecule has 0 bridgehead atoms. The molecule has 1 aliphatic rings. The van der Waals surface area contributed by atoms with Crippen molar-refractivity contribution in [3.8, 4) is 0 Å². The molecule has 0 N–H and O–H groups in total. The first-order valence-electron chi connectivity index (χ1n) is 5.34. The highest BCUT2D eigenvalue weighted by Crippen LogP contribution is 2.48. The van der Waals surface area contributed by atoms with Crippen LogP contribution in [-0.2, 0) is 0 Å². The van der Waals surface area contributed by atoms with Gasteiger partial charge >= 0.3 is 0 Å². The number of thiol groups is 1. The summed E-state index contributed by atoms with van der Waals surface area (Å²) in [5.74, 6) is 1.28. The SMILES string of the molecule is CC[SH]1C=C(C)C(=O)c2cc(C)cc(Br)c21. The molecule has 0 fully saturated rings. The lowest BCUT2D eigenvalue weighted by Crippen LogP contribution is -2.10. The van der Waals surface area contributed by atoms with Gasteiger partial charge in [-0.1, -0.05) is 6.92 Å². The second-order valence-electron chi connectivity index (χ2n) is 4.07. The van der Waals surface area contributed by atoms with E-state index in [4.69, 9.17) is 0 Å². The van der Waals surface area contributed by atoms with Crippen LogP contribution >= 0.6 is 26.8 Å². The first kappa shape index (κ1) is 11.9. The Morgan fingerprint density at radius 2 is 2.00 bits per heavy atom. The Labute approximate surface area is 107 Å². The number of rotatable bonds is 1. The minimum atomic E-state index is -0.314. The largest absolute Gasteiger partial charge is 0.289 e. The van der Waals surface area contributed by atoms with Crippen molar-refractivity contribution in [1.82, 2.24) is 0 Å². The van der Waals surface area contributed by atoms with Gasteiger partial charge in [-0.25, -0.2) is 10.9 Å². The maximum absolute atomic E-state index is 12.1. The second kappa shape index (κ2) is 4.38. The molecule has 0 amide bonds. The van der Waals surface area contributed by atoms with Crippen LogP contribution in [0.2, 0.25) is 0 Å². The summed E-state index contributed by atoms with van der Waals surface area (Å²) in [6, 6.07) is 4.12. The number of carbonyl (C=O) groups is 1. The van der Waals surface area contributed by atoms with E-state index in [1.54, 1.807) is 0 Å². The summed E-state index contributed by atoms with van der Waals surface area (Å²) in [7, 11) is -0.314. The van der Waals surface area contributed by atoms with E-state index in [0.717, 1.165) is 26.9 Å². The Balaban J connectivity index is 2.69. The maximum atomic E-state index is 12.1. The van der Waals surface area contributed by atoms with Crippen molar-refractivity contribution in [2.75, 3.05) is 5.75 Å². The summed E-state index contributed by atoms with van der Waals surface area (Å²) in [6.07, 6.45) is 0. The Kier molecular flexibility index (Phi) is 3.27. The van der Waals surface area contributed by atoms with Crippen molar-refractivity contribution in [3.05, 3.63) is 38.7 Å². The number of hydrogen-bond donors (Lipinski definition) is 1. The van der Waals surface area contributed by atoms with Crippen LogP contribution in [0, 0.1) is 6.92 Å². The lowest BCUT2D eigenvalue weighted by atomic mass is 10.0. The third-order valence-corrected chi connectivity index (χ3v) is 6.16. The molecule has 1 aliphatic heterocycles. The Hall–Kier alpha value is -0.540. The van der Waals surface area contributed by atoms with Gasteiger partial charge in [-0.3, -0.25) is 4.79 Å². The van der Waals surface area contributed by atoms with E-state index >= 15 is 0 Å². The van der Waals surface area contributed by atoms with Gasteiger partial charge in [-0.05, 0) is 58.6 Å². The standard InChI is InChI=1S/C13H15BrOS/c1-4-16-7-9(3)12(15)10-5-8(2)6-11(14)13(10)16/h5-7,16H,4H2,1-3H3. The van der Waals surface area contributed by atoms with Crippen LogP contribution in [-0.4, -0.2) is 11.5 Å². The molecule has 3 heteroatoms. The van der Waals surface area contributed by atoms with E-state index in [9.17, 15) is 4.79 Å². The van der Waals surface area contributed by atoms with Gasteiger partial charge in [0.25, 0.3) is 0 Å². The van der Waals surface area contributed by atoms with E-state index in [2.05, 4.69) is 34.3 Å². The molecule has 1 aromatic carbocycles. The number of fused-ring (bicyclic) bond motifs is 1. The summed E-state index contributed by atoms with van der Waals surface area (Å²) in [4.78, 5) is 13.3. The number of benzene rings is 1. The molecule has 0 saturated carbocycles. The fourth-order valence-electron chi connectivity index (χ4n) is 2.02. The van der Waals surface area contributed by atoms with Gasteiger partial charge in [0.05, 0.1) is 0 Å². The fraction of sp³-hybridized carbons (Fsp3) is 0.308. The molecular weight excluding hydrogens is 284 g/mol. The zero-order valence-electron chi connectivity index (χ0n) is 9.67. The molecule has 0 aliphatic carbocycles. The fourth-order valence-corrected chi connectivity index (χ4v) is 5.30. The van der Waals surface area contributed by atoms with Gasteiger partial charge in [0.1, 0.15) is 0 Å².